The van der Waals surface area contributed by atoms with Crippen molar-refractivity contribution in [2.24, 2.45) is 0 Å². The molecule has 1 aliphatic carbocycles. The van der Waals surface area contributed by atoms with Gasteiger partial charge in [0.15, 0.2) is 0 Å². The van der Waals surface area contributed by atoms with E-state index in [4.69, 9.17) is 4.74 Å². The first-order valence-corrected chi connectivity index (χ1v) is 4.31. The van der Waals surface area contributed by atoms with Crippen LogP contribution in [0.25, 0.3) is 5.57 Å². The van der Waals surface area contributed by atoms with Crippen LogP contribution in [0.3, 0.4) is 0 Å². The molecule has 74 valence electrons. The molecule has 1 aromatic carbocycles. The zero-order valence-corrected chi connectivity index (χ0v) is 7.97. The Morgan fingerprint density at radius 3 is 2.36 bits per heavy atom. The van der Waals surface area contributed by atoms with Gasteiger partial charge >= 0.3 is 0 Å². The Kier molecular flexibility index (Phi) is 1.84. The largest absolute Gasteiger partial charge is 0.497 e. The van der Waals surface area contributed by atoms with Crippen LogP contribution in [0, 0.1) is 6.92 Å². The van der Waals surface area contributed by atoms with Crippen molar-refractivity contribution in [3.8, 4) is 5.75 Å². The summed E-state index contributed by atoms with van der Waals surface area (Å²) in [6.45, 7) is 1.80. The van der Waals surface area contributed by atoms with E-state index in [9.17, 15) is 8.78 Å². The fourth-order valence-corrected chi connectivity index (χ4v) is 1.47. The Bertz CT molecular complexity index is 408. The lowest BCUT2D eigenvalue weighted by Gasteiger charge is -2.06. The molecule has 0 aromatic heterocycles. The predicted octanol–water partition coefficient (Wildman–Crippen LogP) is 3.04. The highest BCUT2D eigenvalue weighted by atomic mass is 19.3. The highest BCUT2D eigenvalue weighted by molar-refractivity contribution is 5.87. The molecule has 0 bridgehead atoms. The molecular weight excluding hydrogens is 186 g/mol. The second-order valence-electron chi connectivity index (χ2n) is 3.36. The van der Waals surface area contributed by atoms with Gasteiger partial charge in [-0.15, -0.1) is 0 Å². The summed E-state index contributed by atoms with van der Waals surface area (Å²) in [5.74, 6) is -2.00. The lowest BCUT2D eigenvalue weighted by Crippen LogP contribution is -1.95. The van der Waals surface area contributed by atoms with Crippen molar-refractivity contribution >= 4 is 5.57 Å². The average molecular weight is 196 g/mol. The van der Waals surface area contributed by atoms with E-state index in [0.29, 0.717) is 11.3 Å². The summed E-state index contributed by atoms with van der Waals surface area (Å²) in [7, 11) is 1.56. The van der Waals surface area contributed by atoms with Gasteiger partial charge in [-0.2, -0.15) is 8.78 Å². The summed E-state index contributed by atoms with van der Waals surface area (Å²) in [4.78, 5) is 0. The molecule has 0 fully saturated rings. The molecule has 1 nitrogen and oxygen atoms in total. The van der Waals surface area contributed by atoms with Gasteiger partial charge in [0.05, 0.1) is 7.11 Å². The van der Waals surface area contributed by atoms with Crippen LogP contribution in [0.15, 0.2) is 24.3 Å². The van der Waals surface area contributed by atoms with E-state index < -0.39 is 5.92 Å². The second-order valence-corrected chi connectivity index (χ2v) is 3.36. The van der Waals surface area contributed by atoms with Crippen molar-refractivity contribution < 1.29 is 13.5 Å². The number of halogens is 2. The number of allylic oxidation sites excluding steroid dienone is 2. The summed E-state index contributed by atoms with van der Waals surface area (Å²) in [6, 6.07) is 5.11. The van der Waals surface area contributed by atoms with Gasteiger partial charge in [0, 0.05) is 5.57 Å². The maximum Gasteiger partial charge on any atom is 0.293 e. The summed E-state index contributed by atoms with van der Waals surface area (Å²) in [5, 5.41) is 0. The van der Waals surface area contributed by atoms with Gasteiger partial charge in [0.2, 0.25) is 0 Å². The molecule has 0 heterocycles. The third-order valence-electron chi connectivity index (χ3n) is 2.33. The molecule has 14 heavy (non-hydrogen) atoms. The monoisotopic (exact) mass is 196 g/mol. The van der Waals surface area contributed by atoms with Crippen molar-refractivity contribution in [3.05, 3.63) is 35.4 Å². The minimum Gasteiger partial charge on any atom is -0.497 e. The zero-order chi connectivity index (χ0) is 10.3. The minimum atomic E-state index is -2.70. The molecule has 0 saturated carbocycles. The Balaban J connectivity index is 2.33. The lowest BCUT2D eigenvalue weighted by molar-refractivity contribution is 0.159. The van der Waals surface area contributed by atoms with Crippen LogP contribution in [0.5, 0.6) is 5.75 Å². The molecule has 1 aromatic rings. The Labute approximate surface area is 81.0 Å². The van der Waals surface area contributed by atoms with Crippen molar-refractivity contribution in [2.75, 3.05) is 7.11 Å². The molecule has 2 rings (SSSR count). The van der Waals surface area contributed by atoms with E-state index >= 15 is 0 Å². The first-order chi connectivity index (χ1) is 6.54. The zero-order valence-electron chi connectivity index (χ0n) is 7.97. The Morgan fingerprint density at radius 1 is 1.29 bits per heavy atom. The molecule has 0 atom stereocenters. The van der Waals surface area contributed by atoms with Gasteiger partial charge < -0.3 is 4.74 Å². The standard InChI is InChI=1S/C11H10F2O/c1-7-5-8(14-2)3-4-9(7)10-6-11(10,12)13/h3-6H,1-2H3. The maximum atomic E-state index is 12.7. The van der Waals surface area contributed by atoms with E-state index in [1.54, 1.807) is 32.2 Å². The number of alkyl halides is 2. The number of hydrogen-bond donors (Lipinski definition) is 0. The summed E-state index contributed by atoms with van der Waals surface area (Å²) in [6.07, 6.45) is 0.974. The minimum absolute atomic E-state index is 0.123. The number of ether oxygens (including phenoxy) is 1. The van der Waals surface area contributed by atoms with Gasteiger partial charge in [-0.25, -0.2) is 0 Å². The molecule has 0 spiro atoms. The molecular formula is C11H10F2O. The molecule has 0 unspecified atom stereocenters. The van der Waals surface area contributed by atoms with Gasteiger partial charge in [0.25, 0.3) is 5.92 Å². The molecule has 0 saturated heterocycles. The number of hydrogen-bond acceptors (Lipinski definition) is 1. The van der Waals surface area contributed by atoms with Crippen LogP contribution in [0.2, 0.25) is 0 Å². The third kappa shape index (κ3) is 1.39. The van der Waals surface area contributed by atoms with Crippen molar-refractivity contribution in [3.63, 3.8) is 0 Å². The van der Waals surface area contributed by atoms with E-state index in [0.717, 1.165) is 11.6 Å². The van der Waals surface area contributed by atoms with Crippen LogP contribution < -0.4 is 4.74 Å². The van der Waals surface area contributed by atoms with E-state index in [2.05, 4.69) is 0 Å². The second kappa shape index (κ2) is 2.80. The lowest BCUT2D eigenvalue weighted by atomic mass is 10.1. The maximum absolute atomic E-state index is 12.7. The van der Waals surface area contributed by atoms with Gasteiger partial charge in [0.1, 0.15) is 5.75 Å². The summed E-state index contributed by atoms with van der Waals surface area (Å²) in [5.41, 5.74) is 1.54. The number of aryl methyl sites for hydroxylation is 1. The van der Waals surface area contributed by atoms with Crippen LogP contribution in [-0.2, 0) is 0 Å². The van der Waals surface area contributed by atoms with Crippen LogP contribution in [-0.4, -0.2) is 13.0 Å². The van der Waals surface area contributed by atoms with Gasteiger partial charge in [-0.1, -0.05) is 6.07 Å². The van der Waals surface area contributed by atoms with E-state index in [1.807, 2.05) is 0 Å². The Morgan fingerprint density at radius 2 is 1.93 bits per heavy atom. The number of methoxy groups -OCH3 is 1. The molecule has 3 heteroatoms. The molecule has 0 amide bonds. The van der Waals surface area contributed by atoms with Gasteiger partial charge in [-0.05, 0) is 36.3 Å². The first kappa shape index (κ1) is 9.19. The van der Waals surface area contributed by atoms with Crippen LogP contribution >= 0.6 is 0 Å². The molecule has 0 N–H and O–H groups in total. The van der Waals surface area contributed by atoms with Crippen molar-refractivity contribution in [1.29, 1.82) is 0 Å². The number of benzene rings is 1. The van der Waals surface area contributed by atoms with Crippen molar-refractivity contribution in [2.45, 2.75) is 12.8 Å². The van der Waals surface area contributed by atoms with Crippen LogP contribution in [0.4, 0.5) is 8.78 Å². The Hall–Kier alpha value is -1.38. The highest BCUT2D eigenvalue weighted by Crippen LogP contribution is 2.48. The smallest absolute Gasteiger partial charge is 0.293 e. The SMILES string of the molecule is COc1ccc(C2=CC2(F)F)c(C)c1. The third-order valence-corrected chi connectivity index (χ3v) is 2.33. The molecule has 0 aliphatic heterocycles. The fourth-order valence-electron chi connectivity index (χ4n) is 1.47. The van der Waals surface area contributed by atoms with E-state index in [-0.39, 0.29) is 5.57 Å². The summed E-state index contributed by atoms with van der Waals surface area (Å²) < 4.78 is 30.4. The topological polar surface area (TPSA) is 9.23 Å². The normalized spacial score (nSPS) is 17.6. The fraction of sp³-hybridized carbons (Fsp3) is 0.273. The summed E-state index contributed by atoms with van der Waals surface area (Å²) >= 11 is 0. The highest BCUT2D eigenvalue weighted by Gasteiger charge is 2.46. The van der Waals surface area contributed by atoms with E-state index in [1.165, 1.54) is 0 Å². The van der Waals surface area contributed by atoms with Gasteiger partial charge in [-0.3, -0.25) is 0 Å². The first-order valence-electron chi connectivity index (χ1n) is 4.31. The average Bonchev–Trinajstić information content (AvgIpc) is 2.74. The molecule has 0 radical (unpaired) electrons. The van der Waals surface area contributed by atoms with Crippen molar-refractivity contribution in [1.82, 2.24) is 0 Å². The predicted molar refractivity (Wildman–Crippen MR) is 50.7 cm³/mol. The molecule has 1 aliphatic rings. The van der Waals surface area contributed by atoms with Crippen LogP contribution in [0.1, 0.15) is 11.1 Å². The number of rotatable bonds is 2. The quantitative estimate of drug-likeness (QED) is 0.706.